The van der Waals surface area contributed by atoms with E-state index in [-0.39, 0.29) is 30.1 Å². The van der Waals surface area contributed by atoms with E-state index in [0.29, 0.717) is 12.5 Å². The van der Waals surface area contributed by atoms with Crippen molar-refractivity contribution in [2.24, 2.45) is 10.9 Å². The Balaban J connectivity index is 0.00000280. The fraction of sp³-hybridized carbons (Fsp3) is 0.435. The Bertz CT molecular complexity index is 736. The van der Waals surface area contributed by atoms with E-state index in [0.717, 1.165) is 32.1 Å². The molecule has 2 aromatic rings. The van der Waals surface area contributed by atoms with Gasteiger partial charge in [0.25, 0.3) is 0 Å². The molecule has 2 unspecified atom stereocenters. The number of benzene rings is 2. The normalized spacial score (nSPS) is 19.6. The summed E-state index contributed by atoms with van der Waals surface area (Å²) in [7, 11) is 0. The fourth-order valence-corrected chi connectivity index (χ4v) is 3.61. The number of ether oxygens (including phenoxy) is 1. The van der Waals surface area contributed by atoms with Crippen molar-refractivity contribution in [1.29, 1.82) is 0 Å². The van der Waals surface area contributed by atoms with Crippen LogP contribution in [0.25, 0.3) is 0 Å². The summed E-state index contributed by atoms with van der Waals surface area (Å²) in [5, 5.41) is 6.89. The van der Waals surface area contributed by atoms with Crippen molar-refractivity contribution >= 4 is 29.9 Å². The van der Waals surface area contributed by atoms with Crippen LogP contribution in [-0.2, 0) is 11.3 Å². The lowest BCUT2D eigenvalue weighted by Crippen LogP contribution is -2.42. The number of aryl methyl sites for hydroxylation is 1. The Morgan fingerprint density at radius 2 is 1.93 bits per heavy atom. The number of halogens is 1. The van der Waals surface area contributed by atoms with E-state index < -0.39 is 0 Å². The lowest BCUT2D eigenvalue weighted by atomic mass is 9.89. The molecule has 2 atom stereocenters. The number of nitrogens with zero attached hydrogens (tertiary/aromatic N) is 1. The lowest BCUT2D eigenvalue weighted by Gasteiger charge is -2.32. The molecule has 2 aromatic carbocycles. The zero-order valence-electron chi connectivity index (χ0n) is 16.9. The molecule has 0 bridgehead atoms. The molecule has 1 aliphatic heterocycles. The monoisotopic (exact) mass is 493 g/mol. The number of rotatable bonds is 6. The second kappa shape index (κ2) is 12.1. The van der Waals surface area contributed by atoms with Crippen LogP contribution in [0, 0.1) is 12.8 Å². The molecule has 0 saturated carbocycles. The Morgan fingerprint density at radius 3 is 2.68 bits per heavy atom. The highest BCUT2D eigenvalue weighted by Crippen LogP contribution is 2.33. The average molecular weight is 493 g/mol. The molecule has 4 nitrogen and oxygen atoms in total. The molecule has 0 aliphatic carbocycles. The summed E-state index contributed by atoms with van der Waals surface area (Å²) in [4.78, 5) is 4.76. The summed E-state index contributed by atoms with van der Waals surface area (Å²) in [5.74, 6) is 1.32. The summed E-state index contributed by atoms with van der Waals surface area (Å²) in [5.41, 5.74) is 3.77. The number of aliphatic imine (C=N–C) groups is 1. The Labute approximate surface area is 186 Å². The van der Waals surface area contributed by atoms with Crippen LogP contribution in [0.3, 0.4) is 0 Å². The Kier molecular flexibility index (Phi) is 9.78. The van der Waals surface area contributed by atoms with Crippen LogP contribution in [0.15, 0.2) is 59.6 Å². The van der Waals surface area contributed by atoms with Crippen LogP contribution in [0.4, 0.5) is 0 Å². The molecule has 1 saturated heterocycles. The van der Waals surface area contributed by atoms with E-state index in [1.165, 1.54) is 23.1 Å². The van der Waals surface area contributed by atoms with E-state index in [2.05, 4.69) is 79.1 Å². The van der Waals surface area contributed by atoms with Gasteiger partial charge in [-0.05, 0) is 37.8 Å². The van der Waals surface area contributed by atoms with Gasteiger partial charge in [-0.15, -0.1) is 24.0 Å². The van der Waals surface area contributed by atoms with Crippen LogP contribution in [0.5, 0.6) is 0 Å². The van der Waals surface area contributed by atoms with E-state index in [1.54, 1.807) is 0 Å². The standard InChI is InChI=1S/C23H31N3O.HI/c1-3-24-23(25-16-19-10-7-9-18(2)15-19)26-17-21-13-8-14-27-22(21)20-11-5-4-6-12-20;/h4-7,9-12,15,21-22H,3,8,13-14,16-17H2,1-2H3,(H2,24,25,26);1H. The molecule has 152 valence electrons. The smallest absolute Gasteiger partial charge is 0.191 e. The molecule has 5 heteroatoms. The highest BCUT2D eigenvalue weighted by Gasteiger charge is 2.27. The first kappa shape index (κ1) is 22.7. The molecule has 0 amide bonds. The van der Waals surface area contributed by atoms with Crippen molar-refractivity contribution in [3.05, 3.63) is 71.3 Å². The van der Waals surface area contributed by atoms with E-state index in [1.807, 2.05) is 0 Å². The number of hydrogen-bond acceptors (Lipinski definition) is 2. The van der Waals surface area contributed by atoms with Crippen LogP contribution < -0.4 is 10.6 Å². The van der Waals surface area contributed by atoms with E-state index >= 15 is 0 Å². The molecule has 2 N–H and O–H groups in total. The minimum atomic E-state index is 0. The van der Waals surface area contributed by atoms with Gasteiger partial charge < -0.3 is 15.4 Å². The maximum absolute atomic E-state index is 6.11. The fourth-order valence-electron chi connectivity index (χ4n) is 3.61. The number of nitrogens with one attached hydrogen (secondary N) is 2. The first-order valence-corrected chi connectivity index (χ1v) is 10.0. The Hall–Kier alpha value is -1.60. The largest absolute Gasteiger partial charge is 0.373 e. The van der Waals surface area contributed by atoms with Crippen molar-refractivity contribution in [1.82, 2.24) is 10.6 Å². The van der Waals surface area contributed by atoms with Gasteiger partial charge >= 0.3 is 0 Å². The van der Waals surface area contributed by atoms with E-state index in [4.69, 9.17) is 9.73 Å². The van der Waals surface area contributed by atoms with Gasteiger partial charge in [0.2, 0.25) is 0 Å². The van der Waals surface area contributed by atoms with Crippen LogP contribution in [0.2, 0.25) is 0 Å². The number of hydrogen-bond donors (Lipinski definition) is 2. The third-order valence-corrected chi connectivity index (χ3v) is 4.95. The van der Waals surface area contributed by atoms with Crippen LogP contribution >= 0.6 is 24.0 Å². The van der Waals surface area contributed by atoms with Gasteiger partial charge in [-0.1, -0.05) is 60.2 Å². The first-order chi connectivity index (χ1) is 13.3. The molecule has 0 aromatic heterocycles. The molecule has 28 heavy (non-hydrogen) atoms. The molecule has 1 heterocycles. The molecule has 0 radical (unpaired) electrons. The zero-order valence-corrected chi connectivity index (χ0v) is 19.2. The van der Waals surface area contributed by atoms with Gasteiger partial charge in [0.1, 0.15) is 0 Å². The van der Waals surface area contributed by atoms with Gasteiger partial charge in [0.15, 0.2) is 5.96 Å². The summed E-state index contributed by atoms with van der Waals surface area (Å²) in [6.07, 6.45) is 2.45. The maximum atomic E-state index is 6.11. The van der Waals surface area contributed by atoms with Gasteiger partial charge in [-0.3, -0.25) is 0 Å². The summed E-state index contributed by atoms with van der Waals surface area (Å²) in [6.45, 7) is 7.45. The second-order valence-corrected chi connectivity index (χ2v) is 7.17. The van der Waals surface area contributed by atoms with Crippen molar-refractivity contribution in [3.63, 3.8) is 0 Å². The Morgan fingerprint density at radius 1 is 1.11 bits per heavy atom. The number of guanidine groups is 1. The van der Waals surface area contributed by atoms with Crippen molar-refractivity contribution in [3.8, 4) is 0 Å². The van der Waals surface area contributed by atoms with Gasteiger partial charge in [-0.2, -0.15) is 0 Å². The van der Waals surface area contributed by atoms with Crippen molar-refractivity contribution in [2.75, 3.05) is 19.7 Å². The second-order valence-electron chi connectivity index (χ2n) is 7.17. The summed E-state index contributed by atoms with van der Waals surface area (Å²) in [6, 6.07) is 19.1. The van der Waals surface area contributed by atoms with Gasteiger partial charge in [0, 0.05) is 25.6 Å². The lowest BCUT2D eigenvalue weighted by molar-refractivity contribution is -0.0265. The molecular weight excluding hydrogens is 461 g/mol. The van der Waals surface area contributed by atoms with Crippen LogP contribution in [-0.4, -0.2) is 25.7 Å². The van der Waals surface area contributed by atoms with Crippen molar-refractivity contribution < 1.29 is 4.74 Å². The minimum absolute atomic E-state index is 0. The van der Waals surface area contributed by atoms with Crippen LogP contribution in [0.1, 0.15) is 42.6 Å². The van der Waals surface area contributed by atoms with Gasteiger partial charge in [0.05, 0.1) is 12.6 Å². The molecule has 0 spiro atoms. The van der Waals surface area contributed by atoms with E-state index in [9.17, 15) is 0 Å². The first-order valence-electron chi connectivity index (χ1n) is 10.0. The highest BCUT2D eigenvalue weighted by atomic mass is 127. The maximum Gasteiger partial charge on any atom is 0.191 e. The SMILES string of the molecule is CCNC(=NCc1cccc(C)c1)NCC1CCCOC1c1ccccc1.I. The summed E-state index contributed by atoms with van der Waals surface area (Å²) >= 11 is 0. The quantitative estimate of drug-likeness (QED) is 0.344. The molecule has 1 fully saturated rings. The topological polar surface area (TPSA) is 45.7 Å². The third-order valence-electron chi connectivity index (χ3n) is 4.95. The zero-order chi connectivity index (χ0) is 18.9. The predicted octanol–water partition coefficient (Wildman–Crippen LogP) is 4.84. The average Bonchev–Trinajstić information content (AvgIpc) is 2.71. The third kappa shape index (κ3) is 6.78. The molecule has 1 aliphatic rings. The van der Waals surface area contributed by atoms with Gasteiger partial charge in [-0.25, -0.2) is 4.99 Å². The predicted molar refractivity (Wildman–Crippen MR) is 127 cm³/mol. The minimum Gasteiger partial charge on any atom is -0.373 e. The molecular formula is C23H32IN3O. The summed E-state index contributed by atoms with van der Waals surface area (Å²) < 4.78 is 6.11. The van der Waals surface area contributed by atoms with Crippen molar-refractivity contribution in [2.45, 2.75) is 39.3 Å². The highest BCUT2D eigenvalue weighted by molar-refractivity contribution is 14.0. The molecule has 3 rings (SSSR count).